The molecule has 0 spiro atoms. The molecule has 1 aromatic carbocycles. The Morgan fingerprint density at radius 3 is 2.60 bits per heavy atom. The van der Waals surface area contributed by atoms with Crippen LogP contribution in [0.1, 0.15) is 23.9 Å². The summed E-state index contributed by atoms with van der Waals surface area (Å²) in [4.78, 5) is 3.48. The van der Waals surface area contributed by atoms with E-state index in [0.717, 1.165) is 40.5 Å². The van der Waals surface area contributed by atoms with Crippen molar-refractivity contribution in [3.8, 4) is 0 Å². The fourth-order valence-corrected chi connectivity index (χ4v) is 2.78. The first-order valence-corrected chi connectivity index (χ1v) is 8.11. The van der Waals surface area contributed by atoms with E-state index in [9.17, 15) is 13.2 Å². The lowest BCUT2D eigenvalue weighted by molar-refractivity contribution is -0.141. The van der Waals surface area contributed by atoms with Crippen LogP contribution in [-0.4, -0.2) is 21.3 Å². The number of rotatable bonds is 5. The van der Waals surface area contributed by atoms with Crippen LogP contribution >= 0.6 is 0 Å². The van der Waals surface area contributed by atoms with Crippen LogP contribution in [-0.2, 0) is 19.1 Å². The summed E-state index contributed by atoms with van der Waals surface area (Å²) in [5.41, 5.74) is 2.94. The topological polar surface area (TPSA) is 42.7 Å². The van der Waals surface area contributed by atoms with Crippen molar-refractivity contribution < 1.29 is 13.2 Å². The quantitative estimate of drug-likeness (QED) is 0.742. The molecule has 0 aliphatic rings. The smallest absolute Gasteiger partial charge is 0.385 e. The average Bonchev–Trinajstić information content (AvgIpc) is 2.90. The molecule has 0 bridgehead atoms. The number of nitrogens with one attached hydrogen (secondary N) is 1. The van der Waals surface area contributed by atoms with Gasteiger partial charge in [0.1, 0.15) is 5.69 Å². The Morgan fingerprint density at radius 2 is 1.96 bits per heavy atom. The van der Waals surface area contributed by atoms with Crippen LogP contribution in [0.5, 0.6) is 0 Å². The van der Waals surface area contributed by atoms with Gasteiger partial charge in [-0.2, -0.15) is 18.3 Å². The third kappa shape index (κ3) is 3.75. The highest BCUT2D eigenvalue weighted by Gasteiger charge is 2.31. The monoisotopic (exact) mass is 348 g/mol. The maximum absolute atomic E-state index is 12.5. The molecule has 0 atom stereocenters. The third-order valence-electron chi connectivity index (χ3n) is 4.09. The first-order chi connectivity index (χ1) is 11.9. The van der Waals surface area contributed by atoms with E-state index >= 15 is 0 Å². The molecule has 0 radical (unpaired) electrons. The zero-order valence-corrected chi connectivity index (χ0v) is 14.1. The van der Waals surface area contributed by atoms with Gasteiger partial charge in [0.05, 0.1) is 11.2 Å². The maximum Gasteiger partial charge on any atom is 0.433 e. The van der Waals surface area contributed by atoms with Crippen molar-refractivity contribution in [3.63, 3.8) is 0 Å². The van der Waals surface area contributed by atoms with Gasteiger partial charge in [0.2, 0.25) is 0 Å². The van der Waals surface area contributed by atoms with E-state index in [1.807, 2.05) is 23.7 Å². The Hall–Kier alpha value is -2.57. The molecule has 0 aliphatic heterocycles. The van der Waals surface area contributed by atoms with E-state index in [2.05, 4.69) is 28.4 Å². The van der Waals surface area contributed by atoms with Crippen molar-refractivity contribution in [3.05, 3.63) is 53.5 Å². The minimum Gasteiger partial charge on any atom is -0.385 e. The number of aromatic nitrogens is 3. The Balaban J connectivity index is 1.64. The Bertz CT molecular complexity index is 866. The molecule has 3 rings (SSSR count). The van der Waals surface area contributed by atoms with Gasteiger partial charge in [0.15, 0.2) is 0 Å². The van der Waals surface area contributed by atoms with Crippen molar-refractivity contribution >= 4 is 16.6 Å². The minimum atomic E-state index is -4.40. The fourth-order valence-electron chi connectivity index (χ4n) is 2.78. The molecule has 0 unspecified atom stereocenters. The van der Waals surface area contributed by atoms with Crippen molar-refractivity contribution in [2.45, 2.75) is 33.0 Å². The van der Waals surface area contributed by atoms with Crippen LogP contribution in [0.25, 0.3) is 10.9 Å². The largest absolute Gasteiger partial charge is 0.433 e. The van der Waals surface area contributed by atoms with Gasteiger partial charge < -0.3 is 5.32 Å². The molecule has 7 heteroatoms. The van der Waals surface area contributed by atoms with Crippen molar-refractivity contribution in [2.75, 3.05) is 11.9 Å². The molecule has 0 amide bonds. The lowest BCUT2D eigenvalue weighted by atomic mass is 10.1. The average molecular weight is 348 g/mol. The summed E-state index contributed by atoms with van der Waals surface area (Å²) in [6, 6.07) is 8.55. The first kappa shape index (κ1) is 17.3. The second-order valence-corrected chi connectivity index (χ2v) is 5.86. The van der Waals surface area contributed by atoms with Crippen LogP contribution in [0.3, 0.4) is 0 Å². The molecular formula is C18H19F3N4. The van der Waals surface area contributed by atoms with Gasteiger partial charge >= 0.3 is 6.18 Å². The fraction of sp³-hybridized carbons (Fsp3) is 0.333. The maximum atomic E-state index is 12.5. The highest BCUT2D eigenvalue weighted by molar-refractivity contribution is 5.85. The summed E-state index contributed by atoms with van der Waals surface area (Å²) in [7, 11) is 0. The number of aryl methyl sites for hydroxylation is 2. The summed E-state index contributed by atoms with van der Waals surface area (Å²) >= 11 is 0. The SMILES string of the molecule is CCn1nc(C)c2cc(NCCc3ccc(C(F)(F)F)nc3)ccc21. The van der Waals surface area contributed by atoms with Gasteiger partial charge in [0.25, 0.3) is 0 Å². The van der Waals surface area contributed by atoms with Gasteiger partial charge in [-0.25, -0.2) is 0 Å². The number of pyridine rings is 1. The normalized spacial score (nSPS) is 11.9. The minimum absolute atomic E-state index is 0.594. The number of hydrogen-bond acceptors (Lipinski definition) is 3. The second kappa shape index (κ2) is 6.74. The van der Waals surface area contributed by atoms with Crippen LogP contribution in [0.4, 0.5) is 18.9 Å². The predicted octanol–water partition coefficient (Wildman–Crippen LogP) is 4.43. The number of nitrogens with zero attached hydrogens (tertiary/aromatic N) is 3. The molecule has 0 saturated carbocycles. The summed E-state index contributed by atoms with van der Waals surface area (Å²) in [5, 5.41) is 8.89. The number of benzene rings is 1. The Morgan fingerprint density at radius 1 is 1.16 bits per heavy atom. The van der Waals surface area contributed by atoms with E-state index in [1.165, 1.54) is 12.3 Å². The number of anilines is 1. The molecule has 2 aromatic heterocycles. The number of hydrogen-bond donors (Lipinski definition) is 1. The van der Waals surface area contributed by atoms with Gasteiger partial charge in [0, 0.05) is 30.4 Å². The Kier molecular flexibility index (Phi) is 4.65. The number of halogens is 3. The van der Waals surface area contributed by atoms with Gasteiger partial charge in [-0.15, -0.1) is 0 Å². The standard InChI is InChI=1S/C18H19F3N4/c1-3-25-16-6-5-14(10-15(16)12(2)24-25)22-9-8-13-4-7-17(23-11-13)18(19,20)21/h4-7,10-11,22H,3,8-9H2,1-2H3. The predicted molar refractivity (Wildman–Crippen MR) is 91.6 cm³/mol. The van der Waals surface area contributed by atoms with Crippen LogP contribution in [0.2, 0.25) is 0 Å². The summed E-state index contributed by atoms with van der Waals surface area (Å²) in [5.74, 6) is 0. The van der Waals surface area contributed by atoms with Crippen LogP contribution in [0, 0.1) is 6.92 Å². The van der Waals surface area contributed by atoms with E-state index in [4.69, 9.17) is 0 Å². The molecular weight excluding hydrogens is 329 g/mol. The van der Waals surface area contributed by atoms with Crippen LogP contribution in [0.15, 0.2) is 36.5 Å². The summed E-state index contributed by atoms with van der Waals surface area (Å²) in [6.07, 6.45) is -2.52. The third-order valence-corrected chi connectivity index (χ3v) is 4.09. The highest BCUT2D eigenvalue weighted by atomic mass is 19.4. The summed E-state index contributed by atoms with van der Waals surface area (Å²) in [6.45, 7) is 5.46. The zero-order chi connectivity index (χ0) is 18.0. The molecule has 4 nitrogen and oxygen atoms in total. The first-order valence-electron chi connectivity index (χ1n) is 8.11. The Labute approximate surface area is 143 Å². The molecule has 0 saturated heterocycles. The summed E-state index contributed by atoms with van der Waals surface area (Å²) < 4.78 is 39.5. The zero-order valence-electron chi connectivity index (χ0n) is 14.1. The van der Waals surface area contributed by atoms with Gasteiger partial charge in [-0.1, -0.05) is 6.07 Å². The lowest BCUT2D eigenvalue weighted by Gasteiger charge is -2.09. The molecule has 3 aromatic rings. The second-order valence-electron chi connectivity index (χ2n) is 5.86. The molecule has 2 heterocycles. The van der Waals surface area contributed by atoms with Gasteiger partial charge in [-0.05, 0) is 50.1 Å². The van der Waals surface area contributed by atoms with Crippen molar-refractivity contribution in [1.82, 2.24) is 14.8 Å². The highest BCUT2D eigenvalue weighted by Crippen LogP contribution is 2.27. The van der Waals surface area contributed by atoms with Crippen LogP contribution < -0.4 is 5.32 Å². The molecule has 1 N–H and O–H groups in total. The van der Waals surface area contributed by atoms with E-state index in [-0.39, 0.29) is 0 Å². The van der Waals surface area contributed by atoms with Gasteiger partial charge in [-0.3, -0.25) is 9.67 Å². The molecule has 0 aliphatic carbocycles. The number of alkyl halides is 3. The van der Waals surface area contributed by atoms with E-state index in [1.54, 1.807) is 0 Å². The lowest BCUT2D eigenvalue weighted by Crippen LogP contribution is -2.09. The van der Waals surface area contributed by atoms with Crippen molar-refractivity contribution in [1.29, 1.82) is 0 Å². The number of fused-ring (bicyclic) bond motifs is 1. The molecule has 25 heavy (non-hydrogen) atoms. The van der Waals surface area contributed by atoms with E-state index < -0.39 is 11.9 Å². The van der Waals surface area contributed by atoms with E-state index in [0.29, 0.717) is 13.0 Å². The van der Waals surface area contributed by atoms with Crippen molar-refractivity contribution in [2.24, 2.45) is 0 Å². The molecule has 132 valence electrons. The molecule has 0 fully saturated rings.